The van der Waals surface area contributed by atoms with Gasteiger partial charge >= 0.3 is 5.97 Å². The zero-order valence-corrected chi connectivity index (χ0v) is 17.7. The minimum Gasteiger partial charge on any atom is -0.459 e. The summed E-state index contributed by atoms with van der Waals surface area (Å²) in [6, 6.07) is 19.5. The number of hydrogen-bond donors (Lipinski definition) is 0. The maximum Gasteiger partial charge on any atom is 0.331 e. The smallest absolute Gasteiger partial charge is 0.331 e. The predicted octanol–water partition coefficient (Wildman–Crippen LogP) is 5.63. The van der Waals surface area contributed by atoms with Gasteiger partial charge in [0.05, 0.1) is 0 Å². The number of ether oxygens (including phenoxy) is 1. The zero-order valence-electron chi connectivity index (χ0n) is 17.7. The molecule has 0 N–H and O–H groups in total. The molecule has 2 aromatic rings. The van der Waals surface area contributed by atoms with E-state index in [4.69, 9.17) is 9.73 Å². The van der Waals surface area contributed by atoms with E-state index in [1.807, 2.05) is 48.5 Å². The Morgan fingerprint density at radius 2 is 1.66 bits per heavy atom. The van der Waals surface area contributed by atoms with E-state index >= 15 is 0 Å². The van der Waals surface area contributed by atoms with Crippen LogP contribution in [0.15, 0.2) is 65.7 Å². The predicted molar refractivity (Wildman–Crippen MR) is 117 cm³/mol. The fourth-order valence-electron chi connectivity index (χ4n) is 5.16. The number of carbonyl (C=O) groups excluding carboxylic acids is 1. The summed E-state index contributed by atoms with van der Waals surface area (Å²) < 4.78 is 5.69. The van der Waals surface area contributed by atoms with Crippen LogP contribution in [0.1, 0.15) is 51.2 Å². The number of rotatable bonds is 6. The molecule has 2 aromatic carbocycles. The number of nitrogens with zero attached hydrogens (tertiary/aromatic N) is 1. The van der Waals surface area contributed by atoms with Gasteiger partial charge in [0, 0.05) is 17.5 Å². The summed E-state index contributed by atoms with van der Waals surface area (Å²) in [6.07, 6.45) is 4.03. The van der Waals surface area contributed by atoms with Crippen molar-refractivity contribution in [3.05, 3.63) is 71.8 Å². The van der Waals surface area contributed by atoms with E-state index < -0.39 is 6.04 Å². The van der Waals surface area contributed by atoms with Crippen LogP contribution < -0.4 is 0 Å². The highest BCUT2D eigenvalue weighted by molar-refractivity contribution is 5.96. The van der Waals surface area contributed by atoms with E-state index in [9.17, 15) is 4.79 Å². The topological polar surface area (TPSA) is 38.7 Å². The molecule has 0 unspecified atom stereocenters. The standard InChI is InChI=1S/C26H31NO2/c1-25(2)21-14-15-26(25,3)23(17-21)27-22(16-19-10-6-4-7-11-19)24(28)29-18-20-12-8-5-9-13-20/h4-13,21-22H,14-18H2,1-3H3/t21-,22+,26+/m1/s1. The van der Waals surface area contributed by atoms with Gasteiger partial charge in [0.1, 0.15) is 6.61 Å². The van der Waals surface area contributed by atoms with Gasteiger partial charge in [0.15, 0.2) is 6.04 Å². The molecule has 3 heteroatoms. The molecule has 4 rings (SSSR count). The second kappa shape index (κ2) is 7.78. The Hall–Kier alpha value is -2.42. The second-order valence-electron chi connectivity index (χ2n) is 9.37. The third-order valence-electron chi connectivity index (χ3n) is 7.59. The van der Waals surface area contributed by atoms with Gasteiger partial charge in [-0.3, -0.25) is 4.99 Å². The van der Waals surface area contributed by atoms with Crippen molar-refractivity contribution in [1.82, 2.24) is 0 Å². The molecule has 0 radical (unpaired) electrons. The Morgan fingerprint density at radius 1 is 1.03 bits per heavy atom. The molecule has 2 saturated carbocycles. The van der Waals surface area contributed by atoms with Gasteiger partial charge in [0.2, 0.25) is 0 Å². The van der Waals surface area contributed by atoms with E-state index in [-0.39, 0.29) is 16.8 Å². The van der Waals surface area contributed by atoms with Gasteiger partial charge in [0.25, 0.3) is 0 Å². The molecule has 3 nitrogen and oxygen atoms in total. The van der Waals surface area contributed by atoms with E-state index in [1.165, 1.54) is 18.6 Å². The molecule has 2 aliphatic carbocycles. The summed E-state index contributed by atoms with van der Waals surface area (Å²) in [7, 11) is 0. The molecule has 0 saturated heterocycles. The lowest BCUT2D eigenvalue weighted by atomic mass is 9.70. The first-order chi connectivity index (χ1) is 13.9. The molecule has 152 valence electrons. The Labute approximate surface area is 174 Å². The molecule has 2 bridgehead atoms. The van der Waals surface area contributed by atoms with Crippen LogP contribution in [0, 0.1) is 16.7 Å². The maximum absolute atomic E-state index is 13.1. The average molecular weight is 390 g/mol. The van der Waals surface area contributed by atoms with E-state index in [0.717, 1.165) is 17.5 Å². The maximum atomic E-state index is 13.1. The molecule has 29 heavy (non-hydrogen) atoms. The number of aliphatic imine (C=N–C) groups is 1. The molecule has 0 spiro atoms. The SMILES string of the molecule is CC1(C)[C@@H]2CC[C@@]1(C)C(=N[C@@H](Cc1ccccc1)C(=O)OCc1ccccc1)C2. The van der Waals surface area contributed by atoms with E-state index in [1.54, 1.807) is 0 Å². The number of fused-ring (bicyclic) bond motifs is 2. The number of hydrogen-bond acceptors (Lipinski definition) is 3. The van der Waals surface area contributed by atoms with Crippen LogP contribution in [0.2, 0.25) is 0 Å². The Bertz CT molecular complexity index is 887. The van der Waals surface area contributed by atoms with Gasteiger partial charge in [-0.05, 0) is 41.7 Å². The van der Waals surface area contributed by atoms with Crippen molar-refractivity contribution in [2.45, 2.75) is 59.1 Å². The monoisotopic (exact) mass is 389 g/mol. The largest absolute Gasteiger partial charge is 0.459 e. The first kappa shape index (κ1) is 19.9. The molecule has 3 atom stereocenters. The van der Waals surface area contributed by atoms with Crippen molar-refractivity contribution >= 4 is 11.7 Å². The first-order valence-corrected chi connectivity index (χ1v) is 10.7. The third-order valence-corrected chi connectivity index (χ3v) is 7.59. The fraction of sp³-hybridized carbons (Fsp3) is 0.462. The van der Waals surface area contributed by atoms with E-state index in [0.29, 0.717) is 18.9 Å². The van der Waals surface area contributed by atoms with Crippen LogP contribution in [0.4, 0.5) is 0 Å². The molecule has 0 amide bonds. The summed E-state index contributed by atoms with van der Waals surface area (Å²) in [5.74, 6) is 0.443. The highest BCUT2D eigenvalue weighted by Gasteiger charge is 2.59. The normalized spacial score (nSPS) is 27.1. The highest BCUT2D eigenvalue weighted by atomic mass is 16.5. The highest BCUT2D eigenvalue weighted by Crippen LogP contribution is 2.64. The minimum atomic E-state index is -0.483. The van der Waals surface area contributed by atoms with Crippen molar-refractivity contribution in [3.63, 3.8) is 0 Å². The molecular formula is C26H31NO2. The van der Waals surface area contributed by atoms with Gasteiger partial charge in [-0.2, -0.15) is 0 Å². The lowest BCUT2D eigenvalue weighted by molar-refractivity contribution is -0.146. The van der Waals surface area contributed by atoms with Crippen molar-refractivity contribution in [3.8, 4) is 0 Å². The number of carbonyl (C=O) groups is 1. The van der Waals surface area contributed by atoms with Gasteiger partial charge in [-0.1, -0.05) is 81.4 Å². The van der Waals surface area contributed by atoms with Crippen molar-refractivity contribution in [2.24, 2.45) is 21.7 Å². The summed E-state index contributed by atoms with van der Waals surface area (Å²) in [5, 5.41) is 0. The summed E-state index contributed by atoms with van der Waals surface area (Å²) >= 11 is 0. The minimum absolute atomic E-state index is 0.0896. The van der Waals surface area contributed by atoms with Crippen LogP contribution in [0.25, 0.3) is 0 Å². The Morgan fingerprint density at radius 3 is 2.21 bits per heavy atom. The number of benzene rings is 2. The summed E-state index contributed by atoms with van der Waals surface area (Å²) in [6.45, 7) is 7.37. The quantitative estimate of drug-likeness (QED) is 0.601. The molecular weight excluding hydrogens is 358 g/mol. The van der Waals surface area contributed by atoms with Crippen LogP contribution >= 0.6 is 0 Å². The molecule has 2 fully saturated rings. The van der Waals surface area contributed by atoms with Crippen molar-refractivity contribution in [2.75, 3.05) is 0 Å². The molecule has 0 aromatic heterocycles. The van der Waals surface area contributed by atoms with Crippen LogP contribution in [-0.4, -0.2) is 17.7 Å². The van der Waals surface area contributed by atoms with Gasteiger partial charge in [-0.25, -0.2) is 4.79 Å². The second-order valence-corrected chi connectivity index (χ2v) is 9.37. The molecule has 0 aliphatic heterocycles. The van der Waals surface area contributed by atoms with Crippen molar-refractivity contribution < 1.29 is 9.53 Å². The van der Waals surface area contributed by atoms with Gasteiger partial charge in [-0.15, -0.1) is 0 Å². The fourth-order valence-corrected chi connectivity index (χ4v) is 5.16. The third kappa shape index (κ3) is 3.75. The van der Waals surface area contributed by atoms with Crippen LogP contribution in [0.3, 0.4) is 0 Å². The summed E-state index contributed by atoms with van der Waals surface area (Å²) in [4.78, 5) is 18.1. The molecule has 2 aliphatic rings. The zero-order chi connectivity index (χ0) is 20.5. The van der Waals surface area contributed by atoms with Gasteiger partial charge < -0.3 is 4.74 Å². The first-order valence-electron chi connectivity index (χ1n) is 10.7. The van der Waals surface area contributed by atoms with E-state index in [2.05, 4.69) is 32.9 Å². The molecule has 0 heterocycles. The Balaban J connectivity index is 1.56. The lowest BCUT2D eigenvalue weighted by Crippen LogP contribution is -2.35. The van der Waals surface area contributed by atoms with Crippen molar-refractivity contribution in [1.29, 1.82) is 0 Å². The van der Waals surface area contributed by atoms with Crippen LogP contribution in [-0.2, 0) is 22.6 Å². The Kier molecular flexibility index (Phi) is 5.33. The summed E-state index contributed by atoms with van der Waals surface area (Å²) in [5.41, 5.74) is 3.67. The average Bonchev–Trinajstić information content (AvgIpc) is 3.06. The number of esters is 1. The van der Waals surface area contributed by atoms with Crippen LogP contribution in [0.5, 0.6) is 0 Å². The lowest BCUT2D eigenvalue weighted by Gasteiger charge is -2.35.